The number of benzene rings is 2. The molecule has 5 nitrogen and oxygen atoms in total. The third kappa shape index (κ3) is 5.58. The van der Waals surface area contributed by atoms with E-state index in [1.165, 1.54) is 23.8 Å². The molecule has 0 bridgehead atoms. The molecule has 0 radical (unpaired) electrons. The molecule has 0 fully saturated rings. The van der Waals surface area contributed by atoms with Crippen LogP contribution in [0.15, 0.2) is 36.4 Å². The molecule has 1 N–H and O–H groups in total. The van der Waals surface area contributed by atoms with Crippen molar-refractivity contribution in [3.8, 4) is 5.75 Å². The molecule has 0 aliphatic carbocycles. The molecule has 2 rings (SSSR count). The summed E-state index contributed by atoms with van der Waals surface area (Å²) in [6.07, 6.45) is 0. The standard InChI is InChI=1S/C21H27NO4/c1-15-9-17(10-16(2)21(15)26-14-20(23)25-4)11-22-12-18-7-5-6-8-19(18)13-24-3/h5-10,22H,11-14H2,1-4H3. The Morgan fingerprint density at radius 3 is 2.27 bits per heavy atom. The molecule has 140 valence electrons. The normalized spacial score (nSPS) is 10.6. The van der Waals surface area contributed by atoms with Crippen molar-refractivity contribution in [3.05, 3.63) is 64.2 Å². The molecular formula is C21H27NO4. The van der Waals surface area contributed by atoms with Gasteiger partial charge in [-0.25, -0.2) is 4.79 Å². The summed E-state index contributed by atoms with van der Waals surface area (Å²) < 4.78 is 15.4. The second-order valence-electron chi connectivity index (χ2n) is 6.23. The first-order chi connectivity index (χ1) is 12.5. The molecule has 0 amide bonds. The minimum Gasteiger partial charge on any atom is -0.481 e. The molecule has 2 aromatic rings. The van der Waals surface area contributed by atoms with Crippen molar-refractivity contribution in [2.75, 3.05) is 20.8 Å². The lowest BCUT2D eigenvalue weighted by atomic mass is 10.0. The monoisotopic (exact) mass is 357 g/mol. The van der Waals surface area contributed by atoms with E-state index < -0.39 is 0 Å². The quantitative estimate of drug-likeness (QED) is 0.698. The van der Waals surface area contributed by atoms with Gasteiger partial charge in [0.2, 0.25) is 0 Å². The Hall–Kier alpha value is -2.37. The first-order valence-corrected chi connectivity index (χ1v) is 8.61. The van der Waals surface area contributed by atoms with Gasteiger partial charge in [-0.15, -0.1) is 0 Å². The number of carbonyl (C=O) groups excluding carboxylic acids is 1. The van der Waals surface area contributed by atoms with E-state index in [9.17, 15) is 4.79 Å². The number of hydrogen-bond donors (Lipinski definition) is 1. The minimum atomic E-state index is -0.385. The van der Waals surface area contributed by atoms with Crippen molar-refractivity contribution in [2.45, 2.75) is 33.5 Å². The summed E-state index contributed by atoms with van der Waals surface area (Å²) in [4.78, 5) is 11.3. The van der Waals surface area contributed by atoms with Crippen LogP contribution in [0.2, 0.25) is 0 Å². The molecule has 0 saturated heterocycles. The van der Waals surface area contributed by atoms with Crippen molar-refractivity contribution in [3.63, 3.8) is 0 Å². The fourth-order valence-corrected chi connectivity index (χ4v) is 2.93. The summed E-state index contributed by atoms with van der Waals surface area (Å²) in [6.45, 7) is 6.03. The number of esters is 1. The first-order valence-electron chi connectivity index (χ1n) is 8.61. The molecule has 0 aromatic heterocycles. The van der Waals surface area contributed by atoms with Crippen LogP contribution in [-0.2, 0) is 34.0 Å². The third-order valence-corrected chi connectivity index (χ3v) is 4.14. The Morgan fingerprint density at radius 2 is 1.65 bits per heavy atom. The summed E-state index contributed by atoms with van der Waals surface area (Å²) in [5, 5.41) is 3.48. The average molecular weight is 357 g/mol. The molecule has 2 aromatic carbocycles. The van der Waals surface area contributed by atoms with Crippen LogP contribution in [0.3, 0.4) is 0 Å². The van der Waals surface area contributed by atoms with E-state index in [1.54, 1.807) is 7.11 Å². The number of ether oxygens (including phenoxy) is 3. The predicted octanol–water partition coefficient (Wildman–Crippen LogP) is 3.29. The Kier molecular flexibility index (Phi) is 7.63. The predicted molar refractivity (Wildman–Crippen MR) is 101 cm³/mol. The number of aryl methyl sites for hydroxylation is 2. The summed E-state index contributed by atoms with van der Waals surface area (Å²) in [5.74, 6) is 0.355. The Labute approximate surface area is 155 Å². The topological polar surface area (TPSA) is 56.8 Å². The highest BCUT2D eigenvalue weighted by molar-refractivity contribution is 5.71. The van der Waals surface area contributed by atoms with E-state index in [-0.39, 0.29) is 12.6 Å². The van der Waals surface area contributed by atoms with E-state index in [4.69, 9.17) is 9.47 Å². The van der Waals surface area contributed by atoms with Gasteiger partial charge in [-0.1, -0.05) is 36.4 Å². The van der Waals surface area contributed by atoms with E-state index in [0.29, 0.717) is 6.61 Å². The zero-order chi connectivity index (χ0) is 18.9. The van der Waals surface area contributed by atoms with Crippen LogP contribution in [-0.4, -0.2) is 26.8 Å². The van der Waals surface area contributed by atoms with E-state index in [1.807, 2.05) is 26.0 Å². The highest BCUT2D eigenvalue weighted by atomic mass is 16.6. The lowest BCUT2D eigenvalue weighted by molar-refractivity contribution is -0.142. The van der Waals surface area contributed by atoms with Gasteiger partial charge in [-0.3, -0.25) is 0 Å². The van der Waals surface area contributed by atoms with Gasteiger partial charge in [-0.2, -0.15) is 0 Å². The molecule has 0 atom stereocenters. The summed E-state index contributed by atoms with van der Waals surface area (Å²) in [6, 6.07) is 12.4. The van der Waals surface area contributed by atoms with Crippen LogP contribution in [0, 0.1) is 13.8 Å². The summed E-state index contributed by atoms with van der Waals surface area (Å²) in [7, 11) is 3.06. The smallest absolute Gasteiger partial charge is 0.343 e. The molecule has 0 aliphatic rings. The summed E-state index contributed by atoms with van der Waals surface area (Å²) >= 11 is 0. The van der Waals surface area contributed by atoms with E-state index in [2.05, 4.69) is 34.3 Å². The fraction of sp³-hybridized carbons (Fsp3) is 0.381. The maximum Gasteiger partial charge on any atom is 0.343 e. The lowest BCUT2D eigenvalue weighted by Crippen LogP contribution is -2.16. The molecule has 0 unspecified atom stereocenters. The van der Waals surface area contributed by atoms with E-state index in [0.717, 1.165) is 30.0 Å². The Balaban J connectivity index is 1.97. The minimum absolute atomic E-state index is 0.0773. The molecule has 26 heavy (non-hydrogen) atoms. The van der Waals surface area contributed by atoms with Gasteiger partial charge in [0.1, 0.15) is 5.75 Å². The largest absolute Gasteiger partial charge is 0.481 e. The van der Waals surface area contributed by atoms with Crippen LogP contribution in [0.4, 0.5) is 0 Å². The molecule has 0 heterocycles. The van der Waals surface area contributed by atoms with E-state index >= 15 is 0 Å². The van der Waals surface area contributed by atoms with Crippen LogP contribution in [0.25, 0.3) is 0 Å². The zero-order valence-electron chi connectivity index (χ0n) is 15.9. The molecule has 5 heteroatoms. The van der Waals surface area contributed by atoms with Gasteiger partial charge in [0.15, 0.2) is 6.61 Å². The van der Waals surface area contributed by atoms with Gasteiger partial charge in [0.25, 0.3) is 0 Å². The summed E-state index contributed by atoms with van der Waals surface area (Å²) in [5.41, 5.74) is 5.62. The third-order valence-electron chi connectivity index (χ3n) is 4.14. The van der Waals surface area contributed by atoms with Crippen LogP contribution in [0.5, 0.6) is 5.75 Å². The highest BCUT2D eigenvalue weighted by Gasteiger charge is 2.09. The number of hydrogen-bond acceptors (Lipinski definition) is 5. The molecular weight excluding hydrogens is 330 g/mol. The second-order valence-corrected chi connectivity index (χ2v) is 6.23. The van der Waals surface area contributed by atoms with Crippen LogP contribution in [0.1, 0.15) is 27.8 Å². The Bertz CT molecular complexity index is 720. The van der Waals surface area contributed by atoms with Crippen molar-refractivity contribution < 1.29 is 19.0 Å². The first kappa shape index (κ1) is 19.9. The van der Waals surface area contributed by atoms with Crippen molar-refractivity contribution >= 4 is 5.97 Å². The average Bonchev–Trinajstić information content (AvgIpc) is 2.62. The van der Waals surface area contributed by atoms with Gasteiger partial charge >= 0.3 is 5.97 Å². The van der Waals surface area contributed by atoms with Crippen molar-refractivity contribution in [2.24, 2.45) is 0 Å². The van der Waals surface area contributed by atoms with Crippen molar-refractivity contribution in [1.29, 1.82) is 0 Å². The van der Waals surface area contributed by atoms with Crippen LogP contribution >= 0.6 is 0 Å². The highest BCUT2D eigenvalue weighted by Crippen LogP contribution is 2.25. The van der Waals surface area contributed by atoms with Gasteiger partial charge < -0.3 is 19.5 Å². The maximum absolute atomic E-state index is 11.3. The number of carbonyl (C=O) groups is 1. The fourth-order valence-electron chi connectivity index (χ4n) is 2.93. The SMILES string of the molecule is COCc1ccccc1CNCc1cc(C)c(OCC(=O)OC)c(C)c1. The maximum atomic E-state index is 11.3. The Morgan fingerprint density at radius 1 is 1.00 bits per heavy atom. The van der Waals surface area contributed by atoms with Gasteiger partial charge in [0, 0.05) is 20.2 Å². The zero-order valence-corrected chi connectivity index (χ0v) is 15.9. The van der Waals surface area contributed by atoms with Crippen molar-refractivity contribution in [1.82, 2.24) is 5.32 Å². The van der Waals surface area contributed by atoms with Crippen LogP contribution < -0.4 is 10.1 Å². The van der Waals surface area contributed by atoms with Gasteiger partial charge in [-0.05, 0) is 41.7 Å². The number of methoxy groups -OCH3 is 2. The number of rotatable bonds is 9. The second kappa shape index (κ2) is 9.94. The van der Waals surface area contributed by atoms with Gasteiger partial charge in [0.05, 0.1) is 13.7 Å². The number of nitrogens with one attached hydrogen (secondary N) is 1. The molecule has 0 aliphatic heterocycles. The molecule has 0 spiro atoms. The molecule has 0 saturated carbocycles. The lowest BCUT2D eigenvalue weighted by Gasteiger charge is -2.14.